The predicted octanol–water partition coefficient (Wildman–Crippen LogP) is 1.84. The third-order valence-corrected chi connectivity index (χ3v) is 2.42. The van der Waals surface area contributed by atoms with Crippen LogP contribution in [0.4, 0.5) is 0 Å². The molecule has 1 unspecified atom stereocenters. The van der Waals surface area contributed by atoms with Crippen LogP contribution >= 0.6 is 0 Å². The van der Waals surface area contributed by atoms with Crippen LogP contribution in [0, 0.1) is 5.92 Å². The number of carboxylic acid groups (broad SMARTS) is 1. The van der Waals surface area contributed by atoms with Gasteiger partial charge in [-0.2, -0.15) is 0 Å². The van der Waals surface area contributed by atoms with Crippen molar-refractivity contribution in [3.63, 3.8) is 0 Å². The highest BCUT2D eigenvalue weighted by Gasteiger charge is 2.20. The van der Waals surface area contributed by atoms with E-state index in [1.54, 1.807) is 30.3 Å². The molecule has 1 amide bonds. The van der Waals surface area contributed by atoms with Crippen LogP contribution in [0.3, 0.4) is 0 Å². The van der Waals surface area contributed by atoms with E-state index in [0.717, 1.165) is 0 Å². The van der Waals surface area contributed by atoms with E-state index in [0.29, 0.717) is 12.0 Å². The Hall–Kier alpha value is -1.84. The van der Waals surface area contributed by atoms with Crippen LogP contribution in [0.1, 0.15) is 27.2 Å². The van der Waals surface area contributed by atoms with Crippen LogP contribution in [0.25, 0.3) is 0 Å². The molecule has 0 fully saturated rings. The molecular weight excluding hydrogens is 230 g/mol. The van der Waals surface area contributed by atoms with Crippen molar-refractivity contribution in [2.24, 2.45) is 5.92 Å². The normalized spacial score (nSPS) is 14.7. The van der Waals surface area contributed by atoms with Gasteiger partial charge < -0.3 is 10.4 Å². The van der Waals surface area contributed by atoms with Gasteiger partial charge in [-0.15, -0.1) is 0 Å². The second-order valence-electron chi connectivity index (χ2n) is 4.58. The van der Waals surface area contributed by atoms with Gasteiger partial charge in [-0.3, -0.25) is 4.79 Å². The second kappa shape index (κ2) is 6.79. The highest BCUT2D eigenvalue weighted by Crippen LogP contribution is 2.06. The Bertz CT molecular complexity index is 434. The molecule has 0 spiro atoms. The van der Waals surface area contributed by atoms with Crippen LogP contribution in [-0.4, -0.2) is 23.0 Å². The standard InChI is InChI=1S/C14H19NO3/c1-10(2)8-12(14(17)18)15-13(16)9-11-6-4-3-5-7-11/h3-7,10,12H,8-9H2,1-2H3,(H,15,16)(H,17,18)/t12-/m0/s1/i9D/t9?,12-. The number of amides is 1. The highest BCUT2D eigenvalue weighted by molar-refractivity contribution is 5.84. The first-order valence-corrected chi connectivity index (χ1v) is 5.92. The molecule has 1 aromatic carbocycles. The summed E-state index contributed by atoms with van der Waals surface area (Å²) in [5, 5.41) is 11.5. The Morgan fingerprint density at radius 3 is 2.44 bits per heavy atom. The molecule has 1 rings (SSSR count). The van der Waals surface area contributed by atoms with Crippen molar-refractivity contribution in [2.45, 2.75) is 32.7 Å². The zero-order valence-electron chi connectivity index (χ0n) is 11.6. The fourth-order valence-electron chi connectivity index (χ4n) is 1.61. The quantitative estimate of drug-likeness (QED) is 0.809. The monoisotopic (exact) mass is 250 g/mol. The van der Waals surface area contributed by atoms with Crippen LogP contribution < -0.4 is 5.32 Å². The Morgan fingerprint density at radius 2 is 1.94 bits per heavy atom. The van der Waals surface area contributed by atoms with Crippen LogP contribution in [0.2, 0.25) is 0 Å². The molecule has 18 heavy (non-hydrogen) atoms. The summed E-state index contributed by atoms with van der Waals surface area (Å²) in [4.78, 5) is 22.9. The molecule has 0 radical (unpaired) electrons. The van der Waals surface area contributed by atoms with E-state index in [-0.39, 0.29) is 5.92 Å². The van der Waals surface area contributed by atoms with E-state index in [9.17, 15) is 9.59 Å². The Morgan fingerprint density at radius 1 is 1.33 bits per heavy atom. The third-order valence-electron chi connectivity index (χ3n) is 2.42. The zero-order valence-corrected chi connectivity index (χ0v) is 10.6. The molecule has 0 saturated carbocycles. The molecule has 0 aromatic heterocycles. The summed E-state index contributed by atoms with van der Waals surface area (Å²) >= 11 is 0. The van der Waals surface area contributed by atoms with Gasteiger partial charge in [0.1, 0.15) is 6.04 Å². The third kappa shape index (κ3) is 4.99. The van der Waals surface area contributed by atoms with Crippen LogP contribution in [0.15, 0.2) is 30.3 Å². The van der Waals surface area contributed by atoms with Crippen molar-refractivity contribution in [3.05, 3.63) is 35.9 Å². The summed E-state index contributed by atoms with van der Waals surface area (Å²) in [7, 11) is 0. The lowest BCUT2D eigenvalue weighted by Crippen LogP contribution is -2.42. The average Bonchev–Trinajstić information content (AvgIpc) is 2.37. The Kier molecular flexibility index (Phi) is 4.76. The molecule has 2 N–H and O–H groups in total. The van der Waals surface area contributed by atoms with E-state index in [1.807, 2.05) is 13.8 Å². The number of aliphatic carboxylic acids is 1. The minimum Gasteiger partial charge on any atom is -0.480 e. The molecule has 98 valence electrons. The minimum atomic E-state index is -1.10. The minimum absolute atomic E-state index is 0.155. The topological polar surface area (TPSA) is 66.4 Å². The highest BCUT2D eigenvalue weighted by atomic mass is 16.4. The predicted molar refractivity (Wildman–Crippen MR) is 69.2 cm³/mol. The first-order chi connectivity index (χ1) is 8.91. The van der Waals surface area contributed by atoms with Gasteiger partial charge in [-0.1, -0.05) is 44.2 Å². The molecule has 0 bridgehead atoms. The van der Waals surface area contributed by atoms with Crippen molar-refractivity contribution in [3.8, 4) is 0 Å². The summed E-state index contributed by atoms with van der Waals surface area (Å²) in [5.74, 6) is -1.50. The number of hydrogen-bond acceptors (Lipinski definition) is 2. The molecule has 4 nitrogen and oxygen atoms in total. The van der Waals surface area contributed by atoms with E-state index < -0.39 is 24.3 Å². The molecule has 4 heteroatoms. The maximum absolute atomic E-state index is 11.9. The largest absolute Gasteiger partial charge is 0.480 e. The SMILES string of the molecule is [2H]C(C(=O)N[C@@H](CC(C)C)C(=O)O)c1ccccc1. The van der Waals surface area contributed by atoms with E-state index >= 15 is 0 Å². The molecule has 0 saturated heterocycles. The van der Waals surface area contributed by atoms with Crippen molar-refractivity contribution in [2.75, 3.05) is 0 Å². The first-order valence-electron chi connectivity index (χ1n) is 6.50. The van der Waals surface area contributed by atoms with Crippen LogP contribution in [-0.2, 0) is 16.0 Å². The maximum atomic E-state index is 11.9. The van der Waals surface area contributed by atoms with Gasteiger partial charge >= 0.3 is 5.97 Å². The molecule has 0 aliphatic heterocycles. The molecular formula is C14H19NO3. The van der Waals surface area contributed by atoms with Crippen molar-refractivity contribution in [1.29, 1.82) is 0 Å². The van der Waals surface area contributed by atoms with Crippen molar-refractivity contribution in [1.82, 2.24) is 5.32 Å². The van der Waals surface area contributed by atoms with Crippen LogP contribution in [0.5, 0.6) is 0 Å². The summed E-state index contributed by atoms with van der Waals surface area (Å²) < 4.78 is 7.83. The average molecular weight is 250 g/mol. The van der Waals surface area contributed by atoms with Gasteiger partial charge in [-0.25, -0.2) is 4.79 Å². The lowest BCUT2D eigenvalue weighted by molar-refractivity contribution is -0.142. The van der Waals surface area contributed by atoms with Gasteiger partial charge in [0, 0.05) is 1.37 Å². The van der Waals surface area contributed by atoms with Gasteiger partial charge in [0.2, 0.25) is 5.91 Å². The Balaban J connectivity index is 2.69. The fraction of sp³-hybridized carbons (Fsp3) is 0.429. The van der Waals surface area contributed by atoms with E-state index in [1.165, 1.54) is 0 Å². The summed E-state index contributed by atoms with van der Waals surface area (Å²) in [6.07, 6.45) is -0.752. The van der Waals surface area contributed by atoms with E-state index in [4.69, 9.17) is 6.48 Å². The molecule has 0 heterocycles. The van der Waals surface area contributed by atoms with Gasteiger partial charge in [-0.05, 0) is 17.9 Å². The maximum Gasteiger partial charge on any atom is 0.326 e. The number of hydrogen-bond donors (Lipinski definition) is 2. The van der Waals surface area contributed by atoms with Crippen molar-refractivity contribution < 1.29 is 16.1 Å². The molecule has 0 aliphatic carbocycles. The molecule has 1 aromatic rings. The van der Waals surface area contributed by atoms with Gasteiger partial charge in [0.25, 0.3) is 0 Å². The smallest absolute Gasteiger partial charge is 0.326 e. The van der Waals surface area contributed by atoms with E-state index in [2.05, 4.69) is 5.32 Å². The lowest BCUT2D eigenvalue weighted by Gasteiger charge is -2.16. The molecule has 0 aliphatic rings. The lowest BCUT2D eigenvalue weighted by atomic mass is 10.0. The zero-order chi connectivity index (χ0) is 14.4. The number of benzene rings is 1. The number of carbonyl (C=O) groups is 2. The summed E-state index contributed by atoms with van der Waals surface area (Å²) in [6, 6.07) is 7.70. The first kappa shape index (κ1) is 12.6. The number of carboxylic acids is 1. The summed E-state index contributed by atoms with van der Waals surface area (Å²) in [5.41, 5.74) is 0.550. The number of rotatable bonds is 6. The Labute approximate surface area is 108 Å². The summed E-state index contributed by atoms with van der Waals surface area (Å²) in [6.45, 7) is 3.77. The van der Waals surface area contributed by atoms with Crippen molar-refractivity contribution >= 4 is 11.9 Å². The number of carbonyl (C=O) groups excluding carboxylic acids is 1. The molecule has 2 atom stereocenters. The number of nitrogens with one attached hydrogen (secondary N) is 1. The fourth-order valence-corrected chi connectivity index (χ4v) is 1.61. The van der Waals surface area contributed by atoms with Gasteiger partial charge in [0.05, 0.1) is 6.40 Å². The van der Waals surface area contributed by atoms with Gasteiger partial charge in [0.15, 0.2) is 0 Å². The second-order valence-corrected chi connectivity index (χ2v) is 4.58.